The van der Waals surface area contributed by atoms with Crippen LogP contribution in [0.2, 0.25) is 19.1 Å². The van der Waals surface area contributed by atoms with Gasteiger partial charge in [-0.05, 0) is 0 Å². The van der Waals surface area contributed by atoms with Gasteiger partial charge in [-0.1, -0.05) is 0 Å². The van der Waals surface area contributed by atoms with Gasteiger partial charge in [0.2, 0.25) is 0 Å². The molecule has 0 saturated carbocycles. The van der Waals surface area contributed by atoms with E-state index in [1.54, 1.807) is 10.8 Å². The molecule has 0 heterocycles. The molecule has 2 aromatic carbocycles. The Morgan fingerprint density at radius 2 is 1.71 bits per heavy atom. The Morgan fingerprint density at radius 3 is 2.43 bits per heavy atom. The molecule has 1 N–H and O–H groups in total. The maximum Gasteiger partial charge on any atom is -1.00 e. The van der Waals surface area contributed by atoms with Gasteiger partial charge in [0.25, 0.3) is 0 Å². The van der Waals surface area contributed by atoms with E-state index >= 15 is 0 Å². The number of halogens is 2. The van der Waals surface area contributed by atoms with Crippen molar-refractivity contribution in [1.29, 1.82) is 0 Å². The zero-order chi connectivity index (χ0) is 18.5. The maximum absolute atomic E-state index is 9.53. The van der Waals surface area contributed by atoms with Crippen molar-refractivity contribution in [2.45, 2.75) is 38.4 Å². The fourth-order valence-corrected chi connectivity index (χ4v) is 8.53. The number of hydrogen-bond donors (Lipinski definition) is 1. The Bertz CT molecular complexity index is 950. The first-order valence-electron chi connectivity index (χ1n) is 9.45. The normalized spacial score (nSPS) is 17.1. The topological polar surface area (TPSA) is 20.2 Å². The monoisotopic (exact) mass is 505 g/mol. The fourth-order valence-electron chi connectivity index (χ4n) is 4.64. The summed E-state index contributed by atoms with van der Waals surface area (Å²) in [5, 5.41) is 11.1. The molecule has 5 heteroatoms. The zero-order valence-electron chi connectivity index (χ0n) is 16.5. The van der Waals surface area contributed by atoms with Gasteiger partial charge < -0.3 is 24.8 Å². The summed E-state index contributed by atoms with van der Waals surface area (Å²) < 4.78 is 1.53. The van der Waals surface area contributed by atoms with Gasteiger partial charge in [0, 0.05) is 0 Å². The number of benzene rings is 2. The van der Waals surface area contributed by atoms with Crippen molar-refractivity contribution in [2.75, 3.05) is 6.61 Å². The summed E-state index contributed by atoms with van der Waals surface area (Å²) in [6, 6.07) is 14.5. The molecule has 2 aliphatic carbocycles. The average Bonchev–Trinajstić information content (AvgIpc) is 3.21. The minimum absolute atomic E-state index is 0. The molecule has 2 aromatic rings. The standard InChI is InChI=1S/C23H25OSi.2ClH.Zr/c1-16-18-7-4-5-8-20(18)21-12-11-17(15-22(16)21)19-9-6-10-23(19)25(2,3)14-13-24;;;/h4-8,10-12,16,24H,9,13-14H2,1-3H3;2*1H;/q;;;+2/p-2. The van der Waals surface area contributed by atoms with E-state index in [2.05, 4.69) is 68.6 Å². The smallest absolute Gasteiger partial charge is 1.00 e. The summed E-state index contributed by atoms with van der Waals surface area (Å²) >= 11 is 1.50. The number of fused-ring (bicyclic) bond motifs is 3. The molecule has 1 atom stereocenters. The van der Waals surface area contributed by atoms with E-state index in [1.807, 2.05) is 0 Å². The molecule has 0 saturated heterocycles. The number of rotatable bonds is 4. The average molecular weight is 508 g/mol. The van der Waals surface area contributed by atoms with Gasteiger partial charge in [0.05, 0.1) is 0 Å². The number of aliphatic hydroxyl groups is 1. The molecule has 1 unspecified atom stereocenters. The van der Waals surface area contributed by atoms with Crippen LogP contribution in [0.3, 0.4) is 0 Å². The second-order valence-electron chi connectivity index (χ2n) is 8.11. The minimum Gasteiger partial charge on any atom is -1.00 e. The molecule has 0 radical (unpaired) electrons. The molecular weight excluding hydrogens is 482 g/mol. The van der Waals surface area contributed by atoms with E-state index in [9.17, 15) is 5.11 Å². The van der Waals surface area contributed by atoms with Gasteiger partial charge in [-0.15, -0.1) is 0 Å². The van der Waals surface area contributed by atoms with Crippen LogP contribution >= 0.6 is 0 Å². The van der Waals surface area contributed by atoms with Crippen LogP contribution in [0, 0.1) is 0 Å². The van der Waals surface area contributed by atoms with Crippen molar-refractivity contribution >= 4 is 16.9 Å². The van der Waals surface area contributed by atoms with Crippen LogP contribution in [0.1, 0.15) is 36.0 Å². The van der Waals surface area contributed by atoms with Crippen molar-refractivity contribution in [3.8, 4) is 11.1 Å². The van der Waals surface area contributed by atoms with Crippen LogP contribution in [0.4, 0.5) is 0 Å². The van der Waals surface area contributed by atoms with Gasteiger partial charge in [-0.3, -0.25) is 0 Å². The molecule has 4 rings (SSSR count). The molecular formula is C23H25Cl2OSiZr. The molecule has 0 amide bonds. The third-order valence-corrected chi connectivity index (χ3v) is 10.8. The van der Waals surface area contributed by atoms with E-state index in [0.717, 1.165) is 12.5 Å². The number of allylic oxidation sites excluding steroid dienone is 4. The largest absolute Gasteiger partial charge is 1.00 e. The maximum atomic E-state index is 9.53. The van der Waals surface area contributed by atoms with Crippen molar-refractivity contribution in [3.63, 3.8) is 0 Å². The summed E-state index contributed by atoms with van der Waals surface area (Å²) in [5.74, 6) is 0.483. The summed E-state index contributed by atoms with van der Waals surface area (Å²) in [6.45, 7) is 7.44. The Hall–Kier alpha value is -0.440. The predicted octanol–water partition coefficient (Wildman–Crippen LogP) is -1.05. The molecule has 0 spiro atoms. The van der Waals surface area contributed by atoms with Gasteiger partial charge in [-0.2, -0.15) is 0 Å². The molecule has 0 fully saturated rings. The first-order chi connectivity index (χ1) is 12.5. The predicted molar refractivity (Wildman–Crippen MR) is 109 cm³/mol. The third-order valence-electron chi connectivity index (χ3n) is 6.12. The quantitative estimate of drug-likeness (QED) is 0.524. The molecule has 28 heavy (non-hydrogen) atoms. The summed E-state index contributed by atoms with van der Waals surface area (Å²) in [5.41, 5.74) is 8.84. The number of aliphatic hydroxyl groups excluding tert-OH is 1. The van der Waals surface area contributed by atoms with Crippen molar-refractivity contribution in [3.05, 3.63) is 70.4 Å². The van der Waals surface area contributed by atoms with E-state index in [-0.39, 0.29) is 24.8 Å². The second-order valence-corrected chi connectivity index (χ2v) is 14.1. The van der Waals surface area contributed by atoms with Crippen molar-refractivity contribution in [2.24, 2.45) is 0 Å². The Labute approximate surface area is 197 Å². The summed E-state index contributed by atoms with van der Waals surface area (Å²) in [4.78, 5) is 0. The van der Waals surface area contributed by atoms with Crippen molar-refractivity contribution in [1.82, 2.24) is 0 Å². The molecule has 145 valence electrons. The van der Waals surface area contributed by atoms with Crippen molar-refractivity contribution < 1.29 is 54.6 Å². The molecule has 0 aromatic heterocycles. The Morgan fingerprint density at radius 1 is 1.04 bits per heavy atom. The van der Waals surface area contributed by atoms with E-state index in [4.69, 9.17) is 0 Å². The zero-order valence-corrected chi connectivity index (χ0v) is 21.5. The van der Waals surface area contributed by atoms with Crippen LogP contribution in [0.25, 0.3) is 16.7 Å². The van der Waals surface area contributed by atoms with E-state index in [0.29, 0.717) is 12.5 Å². The first kappa shape index (κ1) is 23.8. The van der Waals surface area contributed by atoms with Crippen LogP contribution < -0.4 is 28.1 Å². The SMILES string of the molecule is CC1c2ccccc2-c2ccc(C3=C([Si](C)(C)CCO)C=CC3)[c]([Zr+2])c21.[Cl-].[Cl-]. The second kappa shape index (κ2) is 9.14. The molecule has 2 aliphatic rings. The van der Waals surface area contributed by atoms with E-state index in [1.165, 1.54) is 55.8 Å². The molecule has 1 nitrogen and oxygen atoms in total. The third kappa shape index (κ3) is 3.82. The first-order valence-corrected chi connectivity index (χ1v) is 13.9. The van der Waals surface area contributed by atoms with Crippen LogP contribution in [0.5, 0.6) is 0 Å². The van der Waals surface area contributed by atoms with Gasteiger partial charge in [0.15, 0.2) is 0 Å². The van der Waals surface area contributed by atoms with E-state index < -0.39 is 8.07 Å². The molecule has 0 bridgehead atoms. The van der Waals surface area contributed by atoms with Gasteiger partial charge >= 0.3 is 173 Å². The van der Waals surface area contributed by atoms with Crippen LogP contribution in [-0.2, 0) is 24.7 Å². The van der Waals surface area contributed by atoms with Crippen LogP contribution in [0.15, 0.2) is 53.7 Å². The Kier molecular flexibility index (Phi) is 7.78. The Balaban J connectivity index is 0.00000140. The van der Waals surface area contributed by atoms with Crippen LogP contribution in [-0.4, -0.2) is 19.8 Å². The van der Waals surface area contributed by atoms with Gasteiger partial charge in [-0.25, -0.2) is 0 Å². The summed E-state index contributed by atoms with van der Waals surface area (Å²) in [7, 11) is -1.59. The minimum atomic E-state index is -1.59. The summed E-state index contributed by atoms with van der Waals surface area (Å²) in [6.07, 6.45) is 5.70. The number of hydrogen-bond acceptors (Lipinski definition) is 1. The fraction of sp³-hybridized carbons (Fsp3) is 0.304. The molecule has 0 aliphatic heterocycles. The van der Waals surface area contributed by atoms with Gasteiger partial charge in [0.1, 0.15) is 0 Å².